The molecule has 1 unspecified atom stereocenters. The van der Waals surface area contributed by atoms with Gasteiger partial charge in [-0.25, -0.2) is 0 Å². The normalized spacial score (nSPS) is 16.8. The molecule has 1 aliphatic rings. The molecule has 1 atom stereocenters. The predicted molar refractivity (Wildman–Crippen MR) is 81.4 cm³/mol. The Balaban J connectivity index is 1.97. The molecule has 1 heterocycles. The standard InChI is InChI=1S/C18H18O3/c1-12-11-13(20-2)7-8-14(12)18(19)16-9-10-21-17-6-4-3-5-15(16)17/h3-8,11,16H,9-10H2,1-2H3. The number of methoxy groups -OCH3 is 1. The van der Waals surface area contributed by atoms with E-state index in [0.717, 1.165) is 34.6 Å². The van der Waals surface area contributed by atoms with Crippen molar-refractivity contribution in [1.82, 2.24) is 0 Å². The van der Waals surface area contributed by atoms with Crippen LogP contribution >= 0.6 is 0 Å². The SMILES string of the molecule is COc1ccc(C(=O)C2CCOc3ccccc32)c(C)c1. The molecule has 21 heavy (non-hydrogen) atoms. The molecule has 2 aromatic rings. The van der Waals surface area contributed by atoms with Crippen molar-refractivity contribution in [3.05, 3.63) is 59.2 Å². The first-order chi connectivity index (χ1) is 10.2. The fourth-order valence-corrected chi connectivity index (χ4v) is 2.84. The Morgan fingerprint density at radius 3 is 2.81 bits per heavy atom. The maximum absolute atomic E-state index is 12.9. The van der Waals surface area contributed by atoms with Crippen molar-refractivity contribution in [2.24, 2.45) is 0 Å². The minimum atomic E-state index is -0.123. The zero-order valence-electron chi connectivity index (χ0n) is 12.3. The molecule has 0 saturated carbocycles. The van der Waals surface area contributed by atoms with E-state index in [4.69, 9.17) is 9.47 Å². The Morgan fingerprint density at radius 1 is 1.24 bits per heavy atom. The minimum Gasteiger partial charge on any atom is -0.497 e. The van der Waals surface area contributed by atoms with Crippen molar-refractivity contribution < 1.29 is 14.3 Å². The van der Waals surface area contributed by atoms with E-state index in [1.54, 1.807) is 7.11 Å². The summed E-state index contributed by atoms with van der Waals surface area (Å²) >= 11 is 0. The largest absolute Gasteiger partial charge is 0.497 e. The molecule has 0 radical (unpaired) electrons. The molecule has 2 aromatic carbocycles. The highest BCUT2D eigenvalue weighted by Crippen LogP contribution is 2.36. The van der Waals surface area contributed by atoms with Crippen LogP contribution in [-0.2, 0) is 0 Å². The van der Waals surface area contributed by atoms with Gasteiger partial charge in [0.25, 0.3) is 0 Å². The third-order valence-corrected chi connectivity index (χ3v) is 3.97. The van der Waals surface area contributed by atoms with Gasteiger partial charge in [-0.05, 0) is 43.2 Å². The molecule has 3 rings (SSSR count). The van der Waals surface area contributed by atoms with Crippen molar-refractivity contribution in [3.8, 4) is 11.5 Å². The number of ether oxygens (including phenoxy) is 2. The number of aryl methyl sites for hydroxylation is 1. The molecule has 3 nitrogen and oxygen atoms in total. The van der Waals surface area contributed by atoms with Crippen molar-refractivity contribution in [1.29, 1.82) is 0 Å². The number of hydrogen-bond donors (Lipinski definition) is 0. The summed E-state index contributed by atoms with van der Waals surface area (Å²) in [5.41, 5.74) is 2.70. The first-order valence-corrected chi connectivity index (χ1v) is 7.11. The van der Waals surface area contributed by atoms with Gasteiger partial charge in [0.15, 0.2) is 5.78 Å². The van der Waals surface area contributed by atoms with Crippen molar-refractivity contribution in [2.75, 3.05) is 13.7 Å². The number of carbonyl (C=O) groups is 1. The van der Waals surface area contributed by atoms with Crippen LogP contribution in [0.25, 0.3) is 0 Å². The van der Waals surface area contributed by atoms with E-state index in [2.05, 4.69) is 0 Å². The molecule has 0 bridgehead atoms. The lowest BCUT2D eigenvalue weighted by atomic mass is 9.85. The first-order valence-electron chi connectivity index (χ1n) is 7.11. The number of ketones is 1. The van der Waals surface area contributed by atoms with Gasteiger partial charge in [0.1, 0.15) is 11.5 Å². The van der Waals surface area contributed by atoms with E-state index in [1.807, 2.05) is 49.4 Å². The zero-order valence-corrected chi connectivity index (χ0v) is 12.3. The van der Waals surface area contributed by atoms with Gasteiger partial charge < -0.3 is 9.47 Å². The number of rotatable bonds is 3. The maximum atomic E-state index is 12.9. The van der Waals surface area contributed by atoms with Crippen molar-refractivity contribution in [2.45, 2.75) is 19.3 Å². The molecule has 3 heteroatoms. The van der Waals surface area contributed by atoms with Gasteiger partial charge in [-0.1, -0.05) is 18.2 Å². The highest BCUT2D eigenvalue weighted by atomic mass is 16.5. The number of fused-ring (bicyclic) bond motifs is 1. The average molecular weight is 282 g/mol. The summed E-state index contributed by atoms with van der Waals surface area (Å²) in [7, 11) is 1.63. The van der Waals surface area contributed by atoms with Gasteiger partial charge >= 0.3 is 0 Å². The van der Waals surface area contributed by atoms with Gasteiger partial charge in [0, 0.05) is 11.1 Å². The van der Waals surface area contributed by atoms with Crippen molar-refractivity contribution in [3.63, 3.8) is 0 Å². The minimum absolute atomic E-state index is 0.123. The molecular weight excluding hydrogens is 264 g/mol. The average Bonchev–Trinajstić information content (AvgIpc) is 2.53. The third-order valence-electron chi connectivity index (χ3n) is 3.97. The number of carbonyl (C=O) groups excluding carboxylic acids is 1. The lowest BCUT2D eigenvalue weighted by molar-refractivity contribution is 0.0932. The van der Waals surface area contributed by atoms with Gasteiger partial charge in [-0.2, -0.15) is 0 Å². The number of para-hydroxylation sites is 1. The summed E-state index contributed by atoms with van der Waals surface area (Å²) in [4.78, 5) is 12.9. The van der Waals surface area contributed by atoms with Crippen LogP contribution in [-0.4, -0.2) is 19.5 Å². The fraction of sp³-hybridized carbons (Fsp3) is 0.278. The summed E-state index contributed by atoms with van der Waals surface area (Å²) in [5, 5.41) is 0. The monoisotopic (exact) mass is 282 g/mol. The van der Waals surface area contributed by atoms with E-state index < -0.39 is 0 Å². The molecule has 0 amide bonds. The van der Waals surface area contributed by atoms with Crippen LogP contribution in [0.2, 0.25) is 0 Å². The van der Waals surface area contributed by atoms with E-state index in [-0.39, 0.29) is 11.7 Å². The summed E-state index contributed by atoms with van der Waals surface area (Å²) < 4.78 is 10.8. The highest BCUT2D eigenvalue weighted by molar-refractivity contribution is 6.02. The molecule has 0 aliphatic carbocycles. The second kappa shape index (κ2) is 5.60. The van der Waals surface area contributed by atoms with Crippen LogP contribution in [0.5, 0.6) is 11.5 Å². The molecule has 1 aliphatic heterocycles. The zero-order chi connectivity index (χ0) is 14.8. The smallest absolute Gasteiger partial charge is 0.170 e. The quantitative estimate of drug-likeness (QED) is 0.804. The Kier molecular flexibility index (Phi) is 3.65. The van der Waals surface area contributed by atoms with Gasteiger partial charge in [-0.3, -0.25) is 4.79 Å². The number of hydrogen-bond acceptors (Lipinski definition) is 3. The van der Waals surface area contributed by atoms with Gasteiger partial charge in [0.2, 0.25) is 0 Å². The van der Waals surface area contributed by atoms with Crippen LogP contribution in [0.1, 0.15) is 33.8 Å². The molecule has 108 valence electrons. The lowest BCUT2D eigenvalue weighted by Gasteiger charge is -2.25. The second-order valence-corrected chi connectivity index (χ2v) is 5.27. The Bertz CT molecular complexity index is 676. The summed E-state index contributed by atoms with van der Waals surface area (Å²) in [6, 6.07) is 13.4. The summed E-state index contributed by atoms with van der Waals surface area (Å²) in [6.07, 6.45) is 0.724. The van der Waals surface area contributed by atoms with E-state index >= 15 is 0 Å². The Morgan fingerprint density at radius 2 is 2.05 bits per heavy atom. The second-order valence-electron chi connectivity index (χ2n) is 5.27. The number of benzene rings is 2. The van der Waals surface area contributed by atoms with E-state index in [9.17, 15) is 4.79 Å². The lowest BCUT2D eigenvalue weighted by Crippen LogP contribution is -2.22. The van der Waals surface area contributed by atoms with Crippen LogP contribution in [0.15, 0.2) is 42.5 Å². The van der Waals surface area contributed by atoms with Crippen LogP contribution in [0, 0.1) is 6.92 Å². The molecule has 0 fully saturated rings. The summed E-state index contributed by atoms with van der Waals surface area (Å²) in [6.45, 7) is 2.53. The molecule has 0 aromatic heterocycles. The van der Waals surface area contributed by atoms with E-state index in [1.165, 1.54) is 0 Å². The first kappa shape index (κ1) is 13.7. The number of Topliss-reactive ketones (excluding diaryl/α,β-unsaturated/α-hetero) is 1. The van der Waals surface area contributed by atoms with Crippen molar-refractivity contribution >= 4 is 5.78 Å². The van der Waals surface area contributed by atoms with Gasteiger partial charge in [-0.15, -0.1) is 0 Å². The maximum Gasteiger partial charge on any atom is 0.170 e. The van der Waals surface area contributed by atoms with E-state index in [0.29, 0.717) is 6.61 Å². The van der Waals surface area contributed by atoms with Crippen LogP contribution in [0.3, 0.4) is 0 Å². The molecular formula is C18H18O3. The topological polar surface area (TPSA) is 35.5 Å². The Hall–Kier alpha value is -2.29. The van der Waals surface area contributed by atoms with Crippen LogP contribution in [0.4, 0.5) is 0 Å². The summed E-state index contributed by atoms with van der Waals surface area (Å²) in [5.74, 6) is 1.64. The molecule has 0 saturated heterocycles. The predicted octanol–water partition coefficient (Wildman–Crippen LogP) is 3.75. The Labute approximate surface area is 124 Å². The fourth-order valence-electron chi connectivity index (χ4n) is 2.84. The highest BCUT2D eigenvalue weighted by Gasteiger charge is 2.28. The van der Waals surface area contributed by atoms with Gasteiger partial charge in [0.05, 0.1) is 19.6 Å². The molecule has 0 spiro atoms. The molecule has 0 N–H and O–H groups in total. The van der Waals surface area contributed by atoms with Crippen LogP contribution < -0.4 is 9.47 Å². The third kappa shape index (κ3) is 2.51.